The average molecular weight is 406 g/mol. The summed E-state index contributed by atoms with van der Waals surface area (Å²) < 4.78 is 37.6. The molecule has 0 atom stereocenters. The normalized spacial score (nSPS) is 11.2. The zero-order chi connectivity index (χ0) is 19.3. The Morgan fingerprint density at radius 3 is 2.41 bits per heavy atom. The van der Waals surface area contributed by atoms with Crippen LogP contribution in [0.25, 0.3) is 0 Å². The number of sulfonamides is 1. The summed E-state index contributed by atoms with van der Waals surface area (Å²) in [6, 6.07) is 14.6. The third kappa shape index (κ3) is 5.18. The van der Waals surface area contributed by atoms with E-state index in [-0.39, 0.29) is 10.9 Å². The van der Waals surface area contributed by atoms with Crippen molar-refractivity contribution < 1.29 is 17.9 Å². The lowest BCUT2D eigenvalue weighted by Gasteiger charge is -2.08. The number of hydrogen-bond acceptors (Lipinski definition) is 7. The largest absolute Gasteiger partial charge is 0.493 e. The summed E-state index contributed by atoms with van der Waals surface area (Å²) in [5, 5.41) is 8.95. The number of methoxy groups -OCH3 is 2. The standard InChI is InChI=1S/C18H19N3O4S2/c1-24-15-9-8-14(10-16(15)25-2)11-17-19-20-18(26-17)21-27(22,23)12-13-6-4-3-5-7-13/h3-10H,11-12H2,1-2H3,(H,20,21). The van der Waals surface area contributed by atoms with E-state index in [2.05, 4.69) is 14.9 Å². The molecule has 0 spiro atoms. The Kier molecular flexibility index (Phi) is 5.92. The lowest BCUT2D eigenvalue weighted by atomic mass is 10.1. The molecule has 0 radical (unpaired) electrons. The Hall–Kier alpha value is -2.65. The summed E-state index contributed by atoms with van der Waals surface area (Å²) in [5.74, 6) is 1.16. The molecule has 3 aromatic rings. The molecule has 0 aliphatic heterocycles. The minimum atomic E-state index is -3.55. The maximum absolute atomic E-state index is 12.3. The summed E-state index contributed by atoms with van der Waals surface area (Å²) in [5.41, 5.74) is 1.67. The first kappa shape index (κ1) is 19.1. The van der Waals surface area contributed by atoms with Crippen molar-refractivity contribution in [1.82, 2.24) is 10.2 Å². The second-order valence-electron chi connectivity index (χ2n) is 5.71. The number of benzene rings is 2. The van der Waals surface area contributed by atoms with Gasteiger partial charge in [0.1, 0.15) is 5.01 Å². The van der Waals surface area contributed by atoms with E-state index in [9.17, 15) is 8.42 Å². The molecule has 0 aliphatic carbocycles. The average Bonchev–Trinajstić information content (AvgIpc) is 3.07. The molecule has 9 heteroatoms. The summed E-state index contributed by atoms with van der Waals surface area (Å²) in [7, 11) is -0.390. The van der Waals surface area contributed by atoms with Crippen LogP contribution in [0.1, 0.15) is 16.1 Å². The van der Waals surface area contributed by atoms with Crippen LogP contribution >= 0.6 is 11.3 Å². The van der Waals surface area contributed by atoms with E-state index in [0.29, 0.717) is 28.5 Å². The van der Waals surface area contributed by atoms with Crippen LogP contribution in [-0.4, -0.2) is 32.8 Å². The molecule has 0 saturated carbocycles. The van der Waals surface area contributed by atoms with E-state index in [4.69, 9.17) is 9.47 Å². The summed E-state index contributed by atoms with van der Waals surface area (Å²) in [6.07, 6.45) is 0.512. The zero-order valence-electron chi connectivity index (χ0n) is 14.9. The first-order valence-corrected chi connectivity index (χ1v) is 10.5. The van der Waals surface area contributed by atoms with Gasteiger partial charge in [0.05, 0.1) is 20.0 Å². The quantitative estimate of drug-likeness (QED) is 0.619. The second kappa shape index (κ2) is 8.36. The summed E-state index contributed by atoms with van der Waals surface area (Å²) in [4.78, 5) is 0. The van der Waals surface area contributed by atoms with Crippen molar-refractivity contribution in [1.29, 1.82) is 0 Å². The van der Waals surface area contributed by atoms with Gasteiger partial charge >= 0.3 is 0 Å². The molecule has 0 bridgehead atoms. The van der Waals surface area contributed by atoms with E-state index in [1.165, 1.54) is 11.3 Å². The van der Waals surface area contributed by atoms with Crippen molar-refractivity contribution in [3.63, 3.8) is 0 Å². The number of nitrogens with one attached hydrogen (secondary N) is 1. The van der Waals surface area contributed by atoms with Crippen LogP contribution in [0.4, 0.5) is 5.13 Å². The first-order chi connectivity index (χ1) is 13.0. The molecule has 7 nitrogen and oxygen atoms in total. The molecule has 27 heavy (non-hydrogen) atoms. The topological polar surface area (TPSA) is 90.4 Å². The molecule has 1 aromatic heterocycles. The lowest BCUT2D eigenvalue weighted by molar-refractivity contribution is 0.354. The number of nitrogens with zero attached hydrogens (tertiary/aromatic N) is 2. The number of rotatable bonds is 8. The fraction of sp³-hybridized carbons (Fsp3) is 0.222. The van der Waals surface area contributed by atoms with Crippen molar-refractivity contribution in [3.8, 4) is 11.5 Å². The molecule has 1 N–H and O–H groups in total. The third-order valence-corrected chi connectivity index (χ3v) is 5.90. The van der Waals surface area contributed by atoms with E-state index >= 15 is 0 Å². The SMILES string of the molecule is COc1ccc(Cc2nnc(NS(=O)(=O)Cc3ccccc3)s2)cc1OC. The van der Waals surface area contributed by atoms with Crippen molar-refractivity contribution in [2.75, 3.05) is 18.9 Å². The molecule has 142 valence electrons. The van der Waals surface area contributed by atoms with E-state index in [1.54, 1.807) is 38.5 Å². The molecular weight excluding hydrogens is 386 g/mol. The summed E-state index contributed by atoms with van der Waals surface area (Å²) >= 11 is 1.20. The van der Waals surface area contributed by atoms with Crippen LogP contribution in [0, 0.1) is 0 Å². The van der Waals surface area contributed by atoms with E-state index < -0.39 is 10.0 Å². The Balaban J connectivity index is 1.68. The minimum absolute atomic E-state index is 0.113. The van der Waals surface area contributed by atoms with Gasteiger partial charge in [-0.25, -0.2) is 8.42 Å². The van der Waals surface area contributed by atoms with Gasteiger partial charge in [-0.05, 0) is 23.3 Å². The number of anilines is 1. The Labute approximate surface area is 162 Å². The Bertz CT molecular complexity index is 1000. The molecule has 1 heterocycles. The van der Waals surface area contributed by atoms with Crippen LogP contribution in [0.15, 0.2) is 48.5 Å². The molecule has 0 unspecified atom stereocenters. The molecule has 0 aliphatic rings. The molecule has 0 amide bonds. The first-order valence-electron chi connectivity index (χ1n) is 8.07. The number of aromatic nitrogens is 2. The van der Waals surface area contributed by atoms with Crippen molar-refractivity contribution >= 4 is 26.5 Å². The molecule has 0 fully saturated rings. The van der Waals surface area contributed by atoms with Gasteiger partial charge in [0.15, 0.2) is 11.5 Å². The highest BCUT2D eigenvalue weighted by Crippen LogP contribution is 2.29. The second-order valence-corrected chi connectivity index (χ2v) is 8.50. The summed E-state index contributed by atoms with van der Waals surface area (Å²) in [6.45, 7) is 0. The third-order valence-electron chi connectivity index (χ3n) is 3.71. The molecule has 2 aromatic carbocycles. The van der Waals surface area contributed by atoms with E-state index in [1.807, 2.05) is 24.3 Å². The molecular formula is C18H19N3O4S2. The van der Waals surface area contributed by atoms with E-state index in [0.717, 1.165) is 5.56 Å². The lowest BCUT2D eigenvalue weighted by Crippen LogP contribution is -2.14. The molecule has 0 saturated heterocycles. The number of hydrogen-bond donors (Lipinski definition) is 1. The van der Waals surface area contributed by atoms with Crippen LogP contribution < -0.4 is 14.2 Å². The fourth-order valence-electron chi connectivity index (χ4n) is 2.49. The highest BCUT2D eigenvalue weighted by molar-refractivity contribution is 7.92. The van der Waals surface area contributed by atoms with Crippen molar-refractivity contribution in [2.24, 2.45) is 0 Å². The van der Waals surface area contributed by atoms with Gasteiger partial charge in [0, 0.05) is 6.42 Å². The molecule has 3 rings (SSSR count). The van der Waals surface area contributed by atoms with Gasteiger partial charge in [-0.3, -0.25) is 4.72 Å². The highest BCUT2D eigenvalue weighted by Gasteiger charge is 2.15. The van der Waals surface area contributed by atoms with Gasteiger partial charge in [0.2, 0.25) is 15.2 Å². The van der Waals surface area contributed by atoms with Gasteiger partial charge in [-0.1, -0.05) is 47.7 Å². The van der Waals surface area contributed by atoms with Crippen molar-refractivity contribution in [3.05, 3.63) is 64.7 Å². The van der Waals surface area contributed by atoms with Gasteiger partial charge < -0.3 is 9.47 Å². The van der Waals surface area contributed by atoms with Crippen molar-refractivity contribution in [2.45, 2.75) is 12.2 Å². The predicted octanol–water partition coefficient (Wildman–Crippen LogP) is 3.09. The van der Waals surface area contributed by atoms with Gasteiger partial charge in [-0.2, -0.15) is 0 Å². The minimum Gasteiger partial charge on any atom is -0.493 e. The van der Waals surface area contributed by atoms with Crippen LogP contribution in [-0.2, 0) is 22.2 Å². The zero-order valence-corrected chi connectivity index (χ0v) is 16.5. The smallest absolute Gasteiger partial charge is 0.238 e. The van der Waals surface area contributed by atoms with Crippen LogP contribution in [0.3, 0.4) is 0 Å². The maximum Gasteiger partial charge on any atom is 0.238 e. The van der Waals surface area contributed by atoms with Crippen LogP contribution in [0.5, 0.6) is 11.5 Å². The van der Waals surface area contributed by atoms with Gasteiger partial charge in [0.25, 0.3) is 0 Å². The monoisotopic (exact) mass is 405 g/mol. The Morgan fingerprint density at radius 2 is 1.70 bits per heavy atom. The van der Waals surface area contributed by atoms with Gasteiger partial charge in [-0.15, -0.1) is 10.2 Å². The van der Waals surface area contributed by atoms with Crippen LogP contribution in [0.2, 0.25) is 0 Å². The fourth-order valence-corrected chi connectivity index (χ4v) is 4.68. The maximum atomic E-state index is 12.3. The number of ether oxygens (including phenoxy) is 2. The Morgan fingerprint density at radius 1 is 0.963 bits per heavy atom. The highest BCUT2D eigenvalue weighted by atomic mass is 32.2. The predicted molar refractivity (Wildman–Crippen MR) is 105 cm³/mol.